The SMILES string of the molecule is CCCCCCCCCCCCCCCC[O].Nc1ccc(N)cc1. The van der Waals surface area contributed by atoms with Crippen LogP contribution in [-0.4, -0.2) is 6.61 Å². The molecule has 1 aromatic carbocycles. The molecule has 0 heterocycles. The maximum atomic E-state index is 10.2. The van der Waals surface area contributed by atoms with Gasteiger partial charge in [0.05, 0.1) is 6.61 Å². The predicted molar refractivity (Wildman–Crippen MR) is 111 cm³/mol. The van der Waals surface area contributed by atoms with Crippen molar-refractivity contribution in [3.05, 3.63) is 24.3 Å². The highest BCUT2D eigenvalue weighted by Crippen LogP contribution is 2.12. The van der Waals surface area contributed by atoms with E-state index in [2.05, 4.69) is 6.92 Å². The third-order valence-electron chi connectivity index (χ3n) is 4.43. The van der Waals surface area contributed by atoms with Gasteiger partial charge in [0.2, 0.25) is 0 Å². The first-order valence-corrected chi connectivity index (χ1v) is 10.4. The van der Waals surface area contributed by atoms with Gasteiger partial charge in [-0.25, -0.2) is 5.11 Å². The summed E-state index contributed by atoms with van der Waals surface area (Å²) in [7, 11) is 0. The summed E-state index contributed by atoms with van der Waals surface area (Å²) in [6.45, 7) is 2.40. The van der Waals surface area contributed by atoms with E-state index < -0.39 is 0 Å². The van der Waals surface area contributed by atoms with Gasteiger partial charge in [0.15, 0.2) is 0 Å². The zero-order chi connectivity index (χ0) is 18.6. The Bertz CT molecular complexity index is 330. The molecule has 0 fully saturated rings. The van der Waals surface area contributed by atoms with Gasteiger partial charge in [-0.3, -0.25) is 0 Å². The lowest BCUT2D eigenvalue weighted by atomic mass is 10.0. The van der Waals surface area contributed by atoms with Crippen LogP contribution in [0.5, 0.6) is 0 Å². The van der Waals surface area contributed by atoms with Crippen molar-refractivity contribution < 1.29 is 5.11 Å². The van der Waals surface area contributed by atoms with Gasteiger partial charge in [-0.15, -0.1) is 0 Å². The molecule has 0 bridgehead atoms. The van der Waals surface area contributed by atoms with Crippen molar-refractivity contribution >= 4 is 11.4 Å². The summed E-state index contributed by atoms with van der Waals surface area (Å²) in [5, 5.41) is 10.2. The van der Waals surface area contributed by atoms with Crippen LogP contribution < -0.4 is 11.5 Å². The van der Waals surface area contributed by atoms with Crippen LogP contribution in [-0.2, 0) is 5.11 Å². The van der Waals surface area contributed by atoms with Crippen LogP contribution in [0.25, 0.3) is 0 Å². The Morgan fingerprint density at radius 2 is 0.840 bits per heavy atom. The smallest absolute Gasteiger partial charge is 0.0822 e. The molecule has 0 saturated heterocycles. The lowest BCUT2D eigenvalue weighted by molar-refractivity contribution is 0.186. The number of unbranched alkanes of at least 4 members (excludes halogenated alkanes) is 13. The third-order valence-corrected chi connectivity index (χ3v) is 4.43. The molecular formula is C22H41N2O. The molecule has 25 heavy (non-hydrogen) atoms. The molecule has 1 aromatic rings. The van der Waals surface area contributed by atoms with E-state index in [9.17, 15) is 5.11 Å². The zero-order valence-electron chi connectivity index (χ0n) is 16.5. The summed E-state index contributed by atoms with van der Waals surface area (Å²) >= 11 is 0. The average molecular weight is 350 g/mol. The summed E-state index contributed by atoms with van der Waals surface area (Å²) in [5.74, 6) is 0. The summed E-state index contributed by atoms with van der Waals surface area (Å²) < 4.78 is 0. The lowest BCUT2D eigenvalue weighted by Crippen LogP contribution is -1.86. The molecule has 0 aliphatic carbocycles. The second kappa shape index (κ2) is 19.1. The minimum atomic E-state index is 0.123. The van der Waals surface area contributed by atoms with Gasteiger partial charge in [0.1, 0.15) is 0 Å². The van der Waals surface area contributed by atoms with Gasteiger partial charge in [0.25, 0.3) is 0 Å². The fourth-order valence-corrected chi connectivity index (χ4v) is 2.79. The number of rotatable bonds is 14. The summed E-state index contributed by atoms with van der Waals surface area (Å²) in [5.41, 5.74) is 12.2. The van der Waals surface area contributed by atoms with Crippen molar-refractivity contribution in [2.24, 2.45) is 0 Å². The molecule has 1 radical (unpaired) electrons. The first-order chi connectivity index (χ1) is 12.2. The van der Waals surface area contributed by atoms with Gasteiger partial charge in [-0.05, 0) is 30.7 Å². The van der Waals surface area contributed by atoms with Gasteiger partial charge in [0, 0.05) is 11.4 Å². The summed E-state index contributed by atoms with van der Waals surface area (Å²) in [6, 6.07) is 7.09. The minimum Gasteiger partial charge on any atom is -0.399 e. The lowest BCUT2D eigenvalue weighted by Gasteiger charge is -2.02. The van der Waals surface area contributed by atoms with Crippen molar-refractivity contribution in [3.8, 4) is 0 Å². The Balaban J connectivity index is 0.000000593. The van der Waals surface area contributed by atoms with Crippen LogP contribution in [0.1, 0.15) is 96.8 Å². The molecule has 0 atom stereocenters. The molecule has 3 heteroatoms. The molecule has 0 saturated carbocycles. The molecular weight excluding hydrogens is 308 g/mol. The second-order valence-corrected chi connectivity index (χ2v) is 6.97. The van der Waals surface area contributed by atoms with E-state index in [0.717, 1.165) is 24.2 Å². The Labute approximate surface area is 156 Å². The highest BCUT2D eigenvalue weighted by Gasteiger charge is 1.93. The molecule has 145 valence electrons. The maximum absolute atomic E-state index is 10.2. The molecule has 0 unspecified atom stereocenters. The maximum Gasteiger partial charge on any atom is 0.0822 e. The van der Waals surface area contributed by atoms with Gasteiger partial charge < -0.3 is 11.5 Å². The number of benzene rings is 1. The highest BCUT2D eigenvalue weighted by molar-refractivity contribution is 5.47. The Hall–Kier alpha value is -1.22. The highest BCUT2D eigenvalue weighted by atomic mass is 16.2. The Morgan fingerprint density at radius 3 is 1.12 bits per heavy atom. The largest absolute Gasteiger partial charge is 0.399 e. The Kier molecular flexibility index (Phi) is 18.2. The summed E-state index contributed by atoms with van der Waals surface area (Å²) in [6.07, 6.45) is 18.9. The van der Waals surface area contributed by atoms with E-state index in [1.807, 2.05) is 0 Å². The topological polar surface area (TPSA) is 71.9 Å². The molecule has 1 rings (SSSR count). The van der Waals surface area contributed by atoms with Crippen LogP contribution in [0.15, 0.2) is 24.3 Å². The van der Waals surface area contributed by atoms with Crippen molar-refractivity contribution in [3.63, 3.8) is 0 Å². The van der Waals surface area contributed by atoms with Crippen molar-refractivity contribution in [2.45, 2.75) is 96.8 Å². The summed E-state index contributed by atoms with van der Waals surface area (Å²) in [4.78, 5) is 0. The van der Waals surface area contributed by atoms with Crippen LogP contribution in [0.3, 0.4) is 0 Å². The first kappa shape index (κ1) is 23.8. The fraction of sp³-hybridized carbons (Fsp3) is 0.727. The van der Waals surface area contributed by atoms with E-state index in [-0.39, 0.29) is 6.61 Å². The van der Waals surface area contributed by atoms with E-state index in [0.29, 0.717) is 0 Å². The van der Waals surface area contributed by atoms with E-state index >= 15 is 0 Å². The second-order valence-electron chi connectivity index (χ2n) is 6.97. The molecule has 0 amide bonds. The number of nitrogens with two attached hydrogens (primary N) is 2. The molecule has 0 spiro atoms. The van der Waals surface area contributed by atoms with Gasteiger partial charge in [-0.1, -0.05) is 90.4 Å². The van der Waals surface area contributed by atoms with Crippen LogP contribution >= 0.6 is 0 Å². The van der Waals surface area contributed by atoms with E-state index in [1.165, 1.54) is 77.0 Å². The molecule has 3 nitrogen and oxygen atoms in total. The predicted octanol–water partition coefficient (Wildman–Crippen LogP) is 6.75. The van der Waals surface area contributed by atoms with Crippen molar-refractivity contribution in [2.75, 3.05) is 18.1 Å². The van der Waals surface area contributed by atoms with E-state index in [4.69, 9.17) is 11.5 Å². The first-order valence-electron chi connectivity index (χ1n) is 10.4. The standard InChI is InChI=1S/C16H33O.C6H8N2/c1-2-3-4-5-6-7-8-9-10-11-12-13-14-15-16-17;7-5-1-2-6(8)4-3-5/h2-16H2,1H3;1-4H,7-8H2. The third kappa shape index (κ3) is 19.0. The monoisotopic (exact) mass is 349 g/mol. The minimum absolute atomic E-state index is 0.123. The van der Waals surface area contributed by atoms with E-state index in [1.54, 1.807) is 24.3 Å². The van der Waals surface area contributed by atoms with Gasteiger partial charge in [-0.2, -0.15) is 0 Å². The van der Waals surface area contributed by atoms with Crippen LogP contribution in [0.4, 0.5) is 11.4 Å². The van der Waals surface area contributed by atoms with Crippen LogP contribution in [0, 0.1) is 0 Å². The van der Waals surface area contributed by atoms with Crippen molar-refractivity contribution in [1.82, 2.24) is 0 Å². The fourth-order valence-electron chi connectivity index (χ4n) is 2.79. The molecule has 0 aliphatic rings. The number of hydrogen-bond donors (Lipinski definition) is 2. The molecule has 0 aromatic heterocycles. The Morgan fingerprint density at radius 1 is 0.560 bits per heavy atom. The quantitative estimate of drug-likeness (QED) is 0.288. The molecule has 4 N–H and O–H groups in total. The van der Waals surface area contributed by atoms with Gasteiger partial charge >= 0.3 is 0 Å². The zero-order valence-corrected chi connectivity index (χ0v) is 16.5. The number of anilines is 2. The normalized spacial score (nSPS) is 10.3. The molecule has 0 aliphatic heterocycles. The van der Waals surface area contributed by atoms with Crippen LogP contribution in [0.2, 0.25) is 0 Å². The van der Waals surface area contributed by atoms with Crippen molar-refractivity contribution in [1.29, 1.82) is 0 Å². The average Bonchev–Trinajstić information content (AvgIpc) is 2.62. The number of nitrogen functional groups attached to an aromatic ring is 2. The number of hydrogen-bond acceptors (Lipinski definition) is 2.